The minimum atomic E-state index is -4.80. The number of hydrogen-bond donors (Lipinski definition) is 0. The number of halogens is 4. The van der Waals surface area contributed by atoms with Crippen LogP contribution in [0.15, 0.2) is 18.2 Å². The zero-order valence-electron chi connectivity index (χ0n) is 11.3. The number of carbonyl (C=O) groups excluding carboxylic acids is 1. The lowest BCUT2D eigenvalue weighted by Crippen LogP contribution is -2.17. The van der Waals surface area contributed by atoms with Gasteiger partial charge in [-0.2, -0.15) is 13.2 Å². The summed E-state index contributed by atoms with van der Waals surface area (Å²) in [5.41, 5.74) is -1.36. The molecule has 0 spiro atoms. The van der Waals surface area contributed by atoms with Crippen molar-refractivity contribution in [1.82, 2.24) is 0 Å². The molecule has 0 N–H and O–H groups in total. The predicted octanol–water partition coefficient (Wildman–Crippen LogP) is 4.29. The summed E-state index contributed by atoms with van der Waals surface area (Å²) in [5, 5.41) is 0. The molecule has 0 heterocycles. The summed E-state index contributed by atoms with van der Waals surface area (Å²) in [4.78, 5) is 11.8. The van der Waals surface area contributed by atoms with Gasteiger partial charge in [-0.1, -0.05) is 19.9 Å². The van der Waals surface area contributed by atoms with Crippen molar-refractivity contribution in [1.29, 1.82) is 0 Å². The van der Waals surface area contributed by atoms with E-state index in [4.69, 9.17) is 4.74 Å². The lowest BCUT2D eigenvalue weighted by atomic mass is 10.0. The van der Waals surface area contributed by atoms with E-state index in [1.165, 1.54) is 0 Å². The molecule has 2 nitrogen and oxygen atoms in total. The quantitative estimate of drug-likeness (QED) is 0.731. The zero-order valence-corrected chi connectivity index (χ0v) is 11.3. The highest BCUT2D eigenvalue weighted by Gasteiger charge is 2.35. The van der Waals surface area contributed by atoms with Crippen molar-refractivity contribution in [2.75, 3.05) is 6.61 Å². The Kier molecular flexibility index (Phi) is 5.68. The number of benzene rings is 1. The molecule has 0 saturated carbocycles. The maximum atomic E-state index is 13.2. The van der Waals surface area contributed by atoms with Crippen molar-refractivity contribution in [2.45, 2.75) is 39.0 Å². The second-order valence-corrected chi connectivity index (χ2v) is 4.31. The van der Waals surface area contributed by atoms with Gasteiger partial charge in [0.05, 0.1) is 5.56 Å². The van der Waals surface area contributed by atoms with Gasteiger partial charge in [0.25, 0.3) is 0 Å². The molecule has 1 atom stereocenters. The van der Waals surface area contributed by atoms with Crippen LogP contribution in [0.2, 0.25) is 0 Å². The Morgan fingerprint density at radius 1 is 1.30 bits per heavy atom. The molecule has 0 saturated heterocycles. The second-order valence-electron chi connectivity index (χ2n) is 4.31. The standard InChI is InChI=1S/C14H16F4O2/c1-3-7-20-13(12(19)4-2)9-5-6-11(15)10(8-9)14(16,17)18/h5-6,8,13H,3-4,7H2,1-2H3. The van der Waals surface area contributed by atoms with Gasteiger partial charge in [-0.3, -0.25) is 4.79 Å². The van der Waals surface area contributed by atoms with E-state index in [1.807, 2.05) is 6.92 Å². The van der Waals surface area contributed by atoms with Gasteiger partial charge in [-0.25, -0.2) is 4.39 Å². The first-order chi connectivity index (χ1) is 9.31. The molecule has 0 aliphatic heterocycles. The van der Waals surface area contributed by atoms with Gasteiger partial charge in [-0.15, -0.1) is 0 Å². The number of carbonyl (C=O) groups is 1. The van der Waals surface area contributed by atoms with Crippen molar-refractivity contribution in [3.8, 4) is 0 Å². The van der Waals surface area contributed by atoms with Crippen LogP contribution in [0.5, 0.6) is 0 Å². The van der Waals surface area contributed by atoms with Crippen LogP contribution in [0.1, 0.15) is 43.9 Å². The first-order valence-corrected chi connectivity index (χ1v) is 6.32. The molecular weight excluding hydrogens is 276 g/mol. The monoisotopic (exact) mass is 292 g/mol. The van der Waals surface area contributed by atoms with Gasteiger partial charge in [0.1, 0.15) is 11.9 Å². The molecule has 6 heteroatoms. The molecule has 0 fully saturated rings. The summed E-state index contributed by atoms with van der Waals surface area (Å²) in [6, 6.07) is 2.51. The van der Waals surface area contributed by atoms with Crippen LogP contribution in [0.3, 0.4) is 0 Å². The van der Waals surface area contributed by atoms with Crippen molar-refractivity contribution in [3.63, 3.8) is 0 Å². The average Bonchev–Trinajstić information content (AvgIpc) is 2.39. The molecule has 0 radical (unpaired) electrons. The highest BCUT2D eigenvalue weighted by atomic mass is 19.4. The number of rotatable bonds is 6. The molecule has 1 rings (SSSR count). The van der Waals surface area contributed by atoms with Crippen LogP contribution in [0.25, 0.3) is 0 Å². The third-order valence-electron chi connectivity index (χ3n) is 2.73. The van der Waals surface area contributed by atoms with Gasteiger partial charge in [0.15, 0.2) is 5.78 Å². The van der Waals surface area contributed by atoms with Gasteiger partial charge >= 0.3 is 6.18 Å². The molecule has 20 heavy (non-hydrogen) atoms. The molecule has 1 aromatic rings. The molecule has 0 amide bonds. The number of hydrogen-bond acceptors (Lipinski definition) is 2. The Bertz CT molecular complexity index is 469. The summed E-state index contributed by atoms with van der Waals surface area (Å²) in [5.74, 6) is -1.70. The fourth-order valence-corrected chi connectivity index (χ4v) is 1.72. The molecule has 1 unspecified atom stereocenters. The second kappa shape index (κ2) is 6.83. The maximum absolute atomic E-state index is 13.2. The van der Waals surface area contributed by atoms with Crippen molar-refractivity contribution >= 4 is 5.78 Å². The van der Waals surface area contributed by atoms with E-state index in [1.54, 1.807) is 6.92 Å². The van der Waals surface area contributed by atoms with Crippen molar-refractivity contribution < 1.29 is 27.1 Å². The summed E-state index contributed by atoms with van der Waals surface area (Å²) >= 11 is 0. The maximum Gasteiger partial charge on any atom is 0.419 e. The molecule has 0 aliphatic rings. The number of Topliss-reactive ketones (excluding diaryl/α,β-unsaturated/α-hetero) is 1. The SMILES string of the molecule is CCCOC(C(=O)CC)c1ccc(F)c(C(F)(F)F)c1. The first kappa shape index (κ1) is 16.6. The van der Waals surface area contributed by atoms with Gasteiger partial charge in [-0.05, 0) is 24.1 Å². The highest BCUT2D eigenvalue weighted by molar-refractivity contribution is 5.84. The van der Waals surface area contributed by atoms with Crippen LogP contribution in [0, 0.1) is 5.82 Å². The number of ether oxygens (including phenoxy) is 1. The smallest absolute Gasteiger partial charge is 0.366 e. The summed E-state index contributed by atoms with van der Waals surface area (Å²) in [6.45, 7) is 3.66. The van der Waals surface area contributed by atoms with Crippen LogP contribution >= 0.6 is 0 Å². The van der Waals surface area contributed by atoms with E-state index in [2.05, 4.69) is 0 Å². The van der Waals surface area contributed by atoms with Crippen LogP contribution in [-0.2, 0) is 15.7 Å². The lowest BCUT2D eigenvalue weighted by molar-refractivity contribution is -0.140. The summed E-state index contributed by atoms with van der Waals surface area (Å²) < 4.78 is 56.5. The molecule has 112 valence electrons. The van der Waals surface area contributed by atoms with Crippen LogP contribution in [0.4, 0.5) is 17.6 Å². The first-order valence-electron chi connectivity index (χ1n) is 6.32. The van der Waals surface area contributed by atoms with Crippen molar-refractivity contribution in [2.24, 2.45) is 0 Å². The molecular formula is C14H16F4O2. The number of alkyl halides is 3. The third kappa shape index (κ3) is 4.03. The topological polar surface area (TPSA) is 26.3 Å². The van der Waals surface area contributed by atoms with Crippen LogP contribution < -0.4 is 0 Å². The average molecular weight is 292 g/mol. The Labute approximate surface area is 114 Å². The molecule has 0 aromatic heterocycles. The van der Waals surface area contributed by atoms with Crippen LogP contribution in [-0.4, -0.2) is 12.4 Å². The predicted molar refractivity (Wildman–Crippen MR) is 65.7 cm³/mol. The molecule has 0 aliphatic carbocycles. The number of ketones is 1. The fourth-order valence-electron chi connectivity index (χ4n) is 1.72. The van der Waals surface area contributed by atoms with E-state index >= 15 is 0 Å². The lowest BCUT2D eigenvalue weighted by Gasteiger charge is -2.18. The molecule has 0 bridgehead atoms. The Morgan fingerprint density at radius 2 is 1.95 bits per heavy atom. The summed E-state index contributed by atoms with van der Waals surface area (Å²) in [7, 11) is 0. The van der Waals surface area contributed by atoms with E-state index in [0.717, 1.165) is 6.07 Å². The van der Waals surface area contributed by atoms with E-state index in [0.29, 0.717) is 18.6 Å². The van der Waals surface area contributed by atoms with Crippen molar-refractivity contribution in [3.05, 3.63) is 35.1 Å². The normalized spacial score (nSPS) is 13.3. The van der Waals surface area contributed by atoms with E-state index in [9.17, 15) is 22.4 Å². The Hall–Kier alpha value is -1.43. The minimum Gasteiger partial charge on any atom is -0.366 e. The van der Waals surface area contributed by atoms with Gasteiger partial charge in [0.2, 0.25) is 0 Å². The van der Waals surface area contributed by atoms with E-state index < -0.39 is 23.7 Å². The zero-order chi connectivity index (χ0) is 15.3. The van der Waals surface area contributed by atoms with E-state index in [-0.39, 0.29) is 24.4 Å². The minimum absolute atomic E-state index is 0.0269. The fraction of sp³-hybridized carbons (Fsp3) is 0.500. The third-order valence-corrected chi connectivity index (χ3v) is 2.73. The largest absolute Gasteiger partial charge is 0.419 e. The highest BCUT2D eigenvalue weighted by Crippen LogP contribution is 2.34. The summed E-state index contributed by atoms with van der Waals surface area (Å²) in [6.07, 6.45) is -5.12. The Balaban J connectivity index is 3.17. The molecule has 1 aromatic carbocycles. The Morgan fingerprint density at radius 3 is 2.45 bits per heavy atom. The van der Waals surface area contributed by atoms with Gasteiger partial charge in [0, 0.05) is 13.0 Å². The van der Waals surface area contributed by atoms with Gasteiger partial charge < -0.3 is 4.74 Å².